The van der Waals surface area contributed by atoms with Crippen LogP contribution in [0.1, 0.15) is 11.7 Å². The fourth-order valence-corrected chi connectivity index (χ4v) is 2.71. The third-order valence-electron chi connectivity index (χ3n) is 3.59. The van der Waals surface area contributed by atoms with Crippen LogP contribution < -0.4 is 4.90 Å². The number of hydrogen-bond donors (Lipinski definition) is 0. The van der Waals surface area contributed by atoms with Crippen molar-refractivity contribution in [3.63, 3.8) is 0 Å². The topological polar surface area (TPSA) is 68.5 Å². The summed E-state index contributed by atoms with van der Waals surface area (Å²) in [5.41, 5.74) is 0.926. The van der Waals surface area contributed by atoms with Gasteiger partial charge in [0.2, 0.25) is 0 Å². The quantitative estimate of drug-likeness (QED) is 0.642. The lowest BCUT2D eigenvalue weighted by Crippen LogP contribution is -2.38. The summed E-state index contributed by atoms with van der Waals surface area (Å²) in [6.45, 7) is 1.84. The smallest absolute Gasteiger partial charge is 0.287 e. The zero-order chi connectivity index (χ0) is 15.5. The predicted octanol–water partition coefficient (Wildman–Crippen LogP) is 3.22. The van der Waals surface area contributed by atoms with E-state index in [1.807, 2.05) is 29.2 Å². The highest BCUT2D eigenvalue weighted by atomic mass is 35.5. The Balaban J connectivity index is 1.78. The monoisotopic (exact) mass is 319 g/mol. The Labute approximate surface area is 132 Å². The van der Waals surface area contributed by atoms with Gasteiger partial charge >= 0.3 is 0 Å². The molecule has 22 heavy (non-hydrogen) atoms. The summed E-state index contributed by atoms with van der Waals surface area (Å²) in [6, 6.07) is 10.7. The van der Waals surface area contributed by atoms with Crippen LogP contribution in [-0.4, -0.2) is 29.6 Å². The first kappa shape index (κ1) is 14.7. The number of benzene rings is 1. The number of hydrogen-bond acceptors (Lipinski definition) is 5. The molecule has 1 aliphatic rings. The zero-order valence-corrected chi connectivity index (χ0v) is 12.4. The van der Waals surface area contributed by atoms with Crippen molar-refractivity contribution < 1.29 is 9.66 Å². The van der Waals surface area contributed by atoms with Gasteiger partial charge in [0.1, 0.15) is 18.1 Å². The van der Waals surface area contributed by atoms with Crippen LogP contribution in [0.3, 0.4) is 0 Å². The molecule has 1 aromatic heterocycles. The summed E-state index contributed by atoms with van der Waals surface area (Å²) < 4.78 is 5.80. The molecule has 6 nitrogen and oxygen atoms in total. The molecule has 0 saturated carbocycles. The molecule has 1 aromatic carbocycles. The molecule has 114 valence electrons. The first-order chi connectivity index (χ1) is 10.6. The molecule has 0 amide bonds. The third-order valence-corrected chi connectivity index (χ3v) is 3.93. The number of rotatable bonds is 3. The van der Waals surface area contributed by atoms with Gasteiger partial charge in [-0.15, -0.1) is 0 Å². The number of pyridine rings is 1. The highest BCUT2D eigenvalue weighted by Gasteiger charge is 2.24. The average Bonchev–Trinajstić information content (AvgIpc) is 2.55. The van der Waals surface area contributed by atoms with E-state index in [9.17, 15) is 10.1 Å². The standard InChI is InChI=1S/C15H14ClN3O3/c16-13-4-2-1-3-12(13)14-10-18(7-8-22-14)15-6-5-11(9-17-15)19(20)21/h1-6,9,14H,7-8,10H2. The molecule has 1 aliphatic heterocycles. The van der Waals surface area contributed by atoms with E-state index in [0.29, 0.717) is 30.5 Å². The van der Waals surface area contributed by atoms with Crippen LogP contribution in [0, 0.1) is 10.1 Å². The highest BCUT2D eigenvalue weighted by Crippen LogP contribution is 2.30. The molecule has 0 N–H and O–H groups in total. The van der Waals surface area contributed by atoms with Crippen LogP contribution >= 0.6 is 11.6 Å². The minimum atomic E-state index is -0.456. The number of aromatic nitrogens is 1. The molecule has 2 heterocycles. The number of nitro groups is 1. The van der Waals surface area contributed by atoms with Gasteiger partial charge in [0.15, 0.2) is 0 Å². The van der Waals surface area contributed by atoms with Gasteiger partial charge in [-0.2, -0.15) is 0 Å². The van der Waals surface area contributed by atoms with Gasteiger partial charge in [-0.25, -0.2) is 4.98 Å². The maximum Gasteiger partial charge on any atom is 0.287 e. The van der Waals surface area contributed by atoms with Crippen molar-refractivity contribution in [3.05, 3.63) is 63.3 Å². The molecule has 1 atom stereocenters. The minimum absolute atomic E-state index is 0.0142. The molecular weight excluding hydrogens is 306 g/mol. The molecule has 1 saturated heterocycles. The van der Waals surface area contributed by atoms with Gasteiger partial charge in [-0.05, 0) is 12.1 Å². The number of ether oxygens (including phenoxy) is 1. The third kappa shape index (κ3) is 3.03. The lowest BCUT2D eigenvalue weighted by Gasteiger charge is -2.34. The maximum atomic E-state index is 10.7. The molecule has 0 bridgehead atoms. The van der Waals surface area contributed by atoms with Gasteiger partial charge in [-0.1, -0.05) is 29.8 Å². The van der Waals surface area contributed by atoms with Crippen LogP contribution in [-0.2, 0) is 4.74 Å². The summed E-state index contributed by atoms with van der Waals surface area (Å²) >= 11 is 6.22. The second-order valence-corrected chi connectivity index (χ2v) is 5.37. The number of nitrogens with zero attached hydrogens (tertiary/aromatic N) is 3. The van der Waals surface area contributed by atoms with E-state index in [2.05, 4.69) is 4.98 Å². The minimum Gasteiger partial charge on any atom is -0.370 e. The van der Waals surface area contributed by atoms with Crippen LogP contribution in [0.5, 0.6) is 0 Å². The Morgan fingerprint density at radius 2 is 2.14 bits per heavy atom. The average molecular weight is 320 g/mol. The predicted molar refractivity (Wildman–Crippen MR) is 83.2 cm³/mol. The van der Waals surface area contributed by atoms with Crippen LogP contribution in [0.25, 0.3) is 0 Å². The van der Waals surface area contributed by atoms with Crippen LogP contribution in [0.2, 0.25) is 5.02 Å². The van der Waals surface area contributed by atoms with Gasteiger partial charge in [0.25, 0.3) is 5.69 Å². The number of anilines is 1. The van der Waals surface area contributed by atoms with Gasteiger partial charge in [0.05, 0.1) is 11.5 Å². The number of morpholine rings is 1. The van der Waals surface area contributed by atoms with E-state index < -0.39 is 4.92 Å². The Kier molecular flexibility index (Phi) is 4.22. The van der Waals surface area contributed by atoms with E-state index in [-0.39, 0.29) is 11.8 Å². The molecule has 7 heteroatoms. The van der Waals surface area contributed by atoms with Crippen molar-refractivity contribution in [3.8, 4) is 0 Å². The summed E-state index contributed by atoms with van der Waals surface area (Å²) in [4.78, 5) is 16.4. The molecule has 1 unspecified atom stereocenters. The van der Waals surface area contributed by atoms with Crippen molar-refractivity contribution in [2.45, 2.75) is 6.10 Å². The Bertz CT molecular complexity index is 678. The van der Waals surface area contributed by atoms with E-state index in [1.165, 1.54) is 12.3 Å². The largest absolute Gasteiger partial charge is 0.370 e. The molecule has 2 aromatic rings. The molecule has 3 rings (SSSR count). The first-order valence-corrected chi connectivity index (χ1v) is 7.24. The van der Waals surface area contributed by atoms with E-state index in [1.54, 1.807) is 6.07 Å². The highest BCUT2D eigenvalue weighted by molar-refractivity contribution is 6.31. The Morgan fingerprint density at radius 1 is 1.32 bits per heavy atom. The zero-order valence-electron chi connectivity index (χ0n) is 11.7. The van der Waals surface area contributed by atoms with Crippen LogP contribution in [0.15, 0.2) is 42.6 Å². The van der Waals surface area contributed by atoms with Crippen LogP contribution in [0.4, 0.5) is 11.5 Å². The fraction of sp³-hybridized carbons (Fsp3) is 0.267. The lowest BCUT2D eigenvalue weighted by molar-refractivity contribution is -0.385. The summed E-state index contributed by atoms with van der Waals surface area (Å²) in [7, 11) is 0. The maximum absolute atomic E-state index is 10.7. The molecular formula is C15H14ClN3O3. The number of halogens is 1. The fourth-order valence-electron chi connectivity index (χ4n) is 2.46. The van der Waals surface area contributed by atoms with E-state index in [4.69, 9.17) is 16.3 Å². The summed E-state index contributed by atoms with van der Waals surface area (Å²) in [5.74, 6) is 0.700. The van der Waals surface area contributed by atoms with Crippen molar-refractivity contribution in [2.75, 3.05) is 24.6 Å². The summed E-state index contributed by atoms with van der Waals surface area (Å²) in [5, 5.41) is 11.4. The molecule has 1 fully saturated rings. The first-order valence-electron chi connectivity index (χ1n) is 6.86. The second-order valence-electron chi connectivity index (χ2n) is 4.96. The Morgan fingerprint density at radius 3 is 2.82 bits per heavy atom. The Hall–Kier alpha value is -2.18. The summed E-state index contributed by atoms with van der Waals surface area (Å²) in [6.07, 6.45) is 1.13. The van der Waals surface area contributed by atoms with Crippen molar-refractivity contribution in [2.24, 2.45) is 0 Å². The lowest BCUT2D eigenvalue weighted by atomic mass is 10.1. The van der Waals surface area contributed by atoms with Crippen molar-refractivity contribution in [1.82, 2.24) is 4.98 Å². The second kappa shape index (κ2) is 6.29. The van der Waals surface area contributed by atoms with Crippen molar-refractivity contribution in [1.29, 1.82) is 0 Å². The van der Waals surface area contributed by atoms with E-state index in [0.717, 1.165) is 5.56 Å². The molecule has 0 aliphatic carbocycles. The SMILES string of the molecule is O=[N+]([O-])c1ccc(N2CCOC(c3ccccc3Cl)C2)nc1. The van der Waals surface area contributed by atoms with Crippen molar-refractivity contribution >= 4 is 23.1 Å². The molecule has 0 radical (unpaired) electrons. The van der Waals surface area contributed by atoms with Gasteiger partial charge < -0.3 is 9.64 Å². The molecule has 0 spiro atoms. The van der Waals surface area contributed by atoms with E-state index >= 15 is 0 Å². The van der Waals surface area contributed by atoms with Gasteiger partial charge in [0, 0.05) is 29.7 Å². The van der Waals surface area contributed by atoms with Gasteiger partial charge in [-0.3, -0.25) is 10.1 Å². The normalized spacial score (nSPS) is 18.2.